The van der Waals surface area contributed by atoms with Gasteiger partial charge in [-0.15, -0.1) is 0 Å². The van der Waals surface area contributed by atoms with Gasteiger partial charge >= 0.3 is 12.0 Å². The van der Waals surface area contributed by atoms with Gasteiger partial charge in [0.05, 0.1) is 5.92 Å². The second kappa shape index (κ2) is 8.79. The minimum Gasteiger partial charge on any atom is -0.481 e. The molecule has 0 saturated carbocycles. The predicted octanol–water partition coefficient (Wildman–Crippen LogP) is 1.70. The number of ether oxygens (including phenoxy) is 1. The van der Waals surface area contributed by atoms with Crippen molar-refractivity contribution in [3.63, 3.8) is 0 Å². The molecule has 2 amide bonds. The van der Waals surface area contributed by atoms with Gasteiger partial charge in [-0.3, -0.25) is 4.79 Å². The molecule has 0 aromatic heterocycles. The number of hydrogen-bond donors (Lipinski definition) is 2. The zero-order valence-electron chi connectivity index (χ0n) is 12.4. The number of nitrogens with one attached hydrogen (secondary N) is 1. The summed E-state index contributed by atoms with van der Waals surface area (Å²) < 4.78 is 5.41. The highest BCUT2D eigenvalue weighted by molar-refractivity contribution is 5.78. The van der Waals surface area contributed by atoms with Gasteiger partial charge in [-0.2, -0.15) is 0 Å². The first-order chi connectivity index (χ1) is 9.57. The zero-order chi connectivity index (χ0) is 15.0. The summed E-state index contributed by atoms with van der Waals surface area (Å²) in [5.74, 6) is -1.27. The van der Waals surface area contributed by atoms with E-state index in [-0.39, 0.29) is 12.1 Å². The quantitative estimate of drug-likeness (QED) is 0.666. The molecule has 1 fully saturated rings. The molecule has 6 nitrogen and oxygen atoms in total. The van der Waals surface area contributed by atoms with Crippen molar-refractivity contribution in [2.75, 3.05) is 26.3 Å². The normalized spacial score (nSPS) is 22.0. The third-order valence-corrected chi connectivity index (χ3v) is 3.72. The van der Waals surface area contributed by atoms with Crippen molar-refractivity contribution in [1.82, 2.24) is 10.2 Å². The molecule has 1 heterocycles. The molecule has 6 heteroatoms. The minimum absolute atomic E-state index is 0.171. The maximum atomic E-state index is 11.9. The van der Waals surface area contributed by atoms with Crippen LogP contribution in [0.25, 0.3) is 0 Å². The molecule has 2 unspecified atom stereocenters. The van der Waals surface area contributed by atoms with E-state index in [0.29, 0.717) is 26.1 Å². The fourth-order valence-electron chi connectivity index (χ4n) is 2.38. The van der Waals surface area contributed by atoms with Crippen LogP contribution in [0, 0.1) is 5.92 Å². The Morgan fingerprint density at radius 3 is 2.65 bits per heavy atom. The van der Waals surface area contributed by atoms with Gasteiger partial charge in [-0.05, 0) is 26.2 Å². The van der Waals surface area contributed by atoms with Gasteiger partial charge in [-0.25, -0.2) is 4.79 Å². The Labute approximate surface area is 120 Å². The molecule has 2 N–H and O–H groups in total. The first kappa shape index (κ1) is 16.8. The van der Waals surface area contributed by atoms with Crippen molar-refractivity contribution >= 4 is 12.0 Å². The highest BCUT2D eigenvalue weighted by Crippen LogP contribution is 2.24. The number of unbranched alkanes of at least 4 members (excludes halogenated alkanes) is 1. The zero-order valence-corrected chi connectivity index (χ0v) is 12.4. The fraction of sp³-hybridized carbons (Fsp3) is 0.857. The number of carbonyl (C=O) groups excluding carboxylic acids is 1. The van der Waals surface area contributed by atoms with Crippen LogP contribution in [-0.2, 0) is 9.53 Å². The lowest BCUT2D eigenvalue weighted by atomic mass is 10.0. The van der Waals surface area contributed by atoms with Crippen LogP contribution in [0.1, 0.15) is 39.5 Å². The second-order valence-corrected chi connectivity index (χ2v) is 5.22. The Kier molecular flexibility index (Phi) is 7.36. The van der Waals surface area contributed by atoms with Gasteiger partial charge in [0, 0.05) is 32.3 Å². The first-order valence-electron chi connectivity index (χ1n) is 7.43. The van der Waals surface area contributed by atoms with Crippen LogP contribution in [0.3, 0.4) is 0 Å². The van der Waals surface area contributed by atoms with E-state index in [4.69, 9.17) is 9.84 Å². The van der Waals surface area contributed by atoms with Gasteiger partial charge < -0.3 is 20.1 Å². The average Bonchev–Trinajstić information content (AvgIpc) is 2.79. The Morgan fingerprint density at radius 2 is 2.05 bits per heavy atom. The van der Waals surface area contributed by atoms with Crippen LogP contribution in [-0.4, -0.2) is 54.4 Å². The molecule has 1 saturated heterocycles. The van der Waals surface area contributed by atoms with Crippen LogP contribution in [0.4, 0.5) is 4.79 Å². The average molecular weight is 286 g/mol. The second-order valence-electron chi connectivity index (χ2n) is 5.22. The molecule has 0 spiro atoms. The van der Waals surface area contributed by atoms with Crippen LogP contribution >= 0.6 is 0 Å². The molecule has 116 valence electrons. The largest absolute Gasteiger partial charge is 0.481 e. The van der Waals surface area contributed by atoms with Gasteiger partial charge in [0.15, 0.2) is 0 Å². The summed E-state index contributed by atoms with van der Waals surface area (Å²) in [6.07, 6.45) is 3.49. The summed E-state index contributed by atoms with van der Waals surface area (Å²) >= 11 is 0. The van der Waals surface area contributed by atoms with Crippen molar-refractivity contribution in [2.24, 2.45) is 5.92 Å². The standard InChI is InChI=1S/C14H26N2O4/c1-3-4-9-20-10-5-7-15-14(19)16-8-6-12(11(16)2)13(17)18/h11-12H,3-10H2,1-2H3,(H,15,19)(H,17,18). The Balaban J connectivity index is 2.16. The molecular weight excluding hydrogens is 260 g/mol. The van der Waals surface area contributed by atoms with Crippen LogP contribution in [0.5, 0.6) is 0 Å². The molecular formula is C14H26N2O4. The van der Waals surface area contributed by atoms with Crippen molar-refractivity contribution in [1.29, 1.82) is 0 Å². The SMILES string of the molecule is CCCCOCCCNC(=O)N1CCC(C(=O)O)C1C. The molecule has 0 aromatic rings. The van der Waals surface area contributed by atoms with E-state index in [1.165, 1.54) is 0 Å². The van der Waals surface area contributed by atoms with Crippen LogP contribution < -0.4 is 5.32 Å². The molecule has 2 atom stereocenters. The number of amides is 2. The van der Waals surface area contributed by atoms with Gasteiger partial charge in [0.2, 0.25) is 0 Å². The number of carbonyl (C=O) groups is 2. The number of hydrogen-bond acceptors (Lipinski definition) is 3. The van der Waals surface area contributed by atoms with E-state index in [1.54, 1.807) is 11.8 Å². The van der Waals surface area contributed by atoms with Crippen molar-refractivity contribution in [3.8, 4) is 0 Å². The van der Waals surface area contributed by atoms with Crippen LogP contribution in [0.2, 0.25) is 0 Å². The number of nitrogens with zero attached hydrogens (tertiary/aromatic N) is 1. The Bertz CT molecular complexity index is 322. The predicted molar refractivity (Wildman–Crippen MR) is 75.7 cm³/mol. The monoisotopic (exact) mass is 286 g/mol. The summed E-state index contributed by atoms with van der Waals surface area (Å²) in [4.78, 5) is 24.5. The molecule has 1 aliphatic rings. The third kappa shape index (κ3) is 5.00. The number of carboxylic acid groups (broad SMARTS) is 1. The van der Waals surface area contributed by atoms with Gasteiger partial charge in [0.25, 0.3) is 0 Å². The summed E-state index contributed by atoms with van der Waals surface area (Å²) in [5.41, 5.74) is 0. The highest BCUT2D eigenvalue weighted by Gasteiger charge is 2.37. The summed E-state index contributed by atoms with van der Waals surface area (Å²) in [6.45, 7) is 6.40. The Morgan fingerprint density at radius 1 is 1.35 bits per heavy atom. The van der Waals surface area contributed by atoms with E-state index >= 15 is 0 Å². The lowest BCUT2D eigenvalue weighted by Crippen LogP contribution is -2.44. The lowest BCUT2D eigenvalue weighted by Gasteiger charge is -2.23. The van der Waals surface area contributed by atoms with E-state index in [2.05, 4.69) is 12.2 Å². The first-order valence-corrected chi connectivity index (χ1v) is 7.43. The number of rotatable bonds is 8. The van der Waals surface area contributed by atoms with Crippen LogP contribution in [0.15, 0.2) is 0 Å². The van der Waals surface area contributed by atoms with Crippen molar-refractivity contribution in [2.45, 2.75) is 45.6 Å². The molecule has 20 heavy (non-hydrogen) atoms. The molecule has 0 bridgehead atoms. The minimum atomic E-state index is -0.822. The summed E-state index contributed by atoms with van der Waals surface area (Å²) in [6, 6.07) is -0.414. The lowest BCUT2D eigenvalue weighted by molar-refractivity contribution is -0.142. The summed E-state index contributed by atoms with van der Waals surface area (Å²) in [5, 5.41) is 11.8. The maximum Gasteiger partial charge on any atom is 0.317 e. The van der Waals surface area contributed by atoms with E-state index in [0.717, 1.165) is 25.9 Å². The number of carboxylic acids is 1. The van der Waals surface area contributed by atoms with Gasteiger partial charge in [0.1, 0.15) is 0 Å². The number of urea groups is 1. The fourth-order valence-corrected chi connectivity index (χ4v) is 2.38. The van der Waals surface area contributed by atoms with Crippen molar-refractivity contribution < 1.29 is 19.4 Å². The molecule has 0 aliphatic carbocycles. The van der Waals surface area contributed by atoms with E-state index in [9.17, 15) is 9.59 Å². The van der Waals surface area contributed by atoms with Crippen molar-refractivity contribution in [3.05, 3.63) is 0 Å². The molecule has 1 rings (SSSR count). The number of aliphatic carboxylic acids is 1. The highest BCUT2D eigenvalue weighted by atomic mass is 16.5. The van der Waals surface area contributed by atoms with E-state index in [1.807, 2.05) is 0 Å². The van der Waals surface area contributed by atoms with E-state index < -0.39 is 11.9 Å². The molecule has 1 aliphatic heterocycles. The van der Waals surface area contributed by atoms with Gasteiger partial charge in [-0.1, -0.05) is 13.3 Å². The Hall–Kier alpha value is -1.30. The molecule has 0 radical (unpaired) electrons. The number of likely N-dealkylation sites (tertiary alicyclic amines) is 1. The molecule has 0 aromatic carbocycles. The smallest absolute Gasteiger partial charge is 0.317 e. The third-order valence-electron chi connectivity index (χ3n) is 3.72. The maximum absolute atomic E-state index is 11.9. The topological polar surface area (TPSA) is 78.9 Å². The summed E-state index contributed by atoms with van der Waals surface area (Å²) in [7, 11) is 0.